The molecule has 0 amide bonds. The summed E-state index contributed by atoms with van der Waals surface area (Å²) in [6, 6.07) is 0. The minimum Gasteiger partial charge on any atom is -1.00 e. The standard InChI is InChI=1S/C12H26O.Na.H2O4S.H/c1-3-5-7-9-11-13-12-10-8-6-4-2;;1-5(2,3)4;/h3-12H2,1-2H3;;(H2,1,2,3,4);/q;+1;;-1. The van der Waals surface area contributed by atoms with E-state index in [0.29, 0.717) is 0 Å². The Morgan fingerprint density at radius 2 is 1.16 bits per heavy atom. The molecule has 0 aliphatic rings. The summed E-state index contributed by atoms with van der Waals surface area (Å²) >= 11 is 0. The maximum Gasteiger partial charge on any atom is 1.00 e. The van der Waals surface area contributed by atoms with Gasteiger partial charge >= 0.3 is 40.0 Å². The van der Waals surface area contributed by atoms with E-state index in [1.165, 1.54) is 51.4 Å². The summed E-state index contributed by atoms with van der Waals surface area (Å²) in [5.74, 6) is 0. The van der Waals surface area contributed by atoms with E-state index < -0.39 is 10.4 Å². The van der Waals surface area contributed by atoms with Crippen molar-refractivity contribution in [1.82, 2.24) is 0 Å². The zero-order valence-corrected chi connectivity index (χ0v) is 15.4. The van der Waals surface area contributed by atoms with E-state index in [2.05, 4.69) is 13.8 Å². The van der Waals surface area contributed by atoms with Crippen LogP contribution in [0.1, 0.15) is 66.6 Å². The summed E-state index contributed by atoms with van der Waals surface area (Å²) in [6.45, 7) is 6.44. The zero-order valence-electron chi connectivity index (χ0n) is 13.6. The average Bonchev–Trinajstić information content (AvgIpc) is 2.25. The Morgan fingerprint density at radius 3 is 1.42 bits per heavy atom. The van der Waals surface area contributed by atoms with E-state index in [1.54, 1.807) is 0 Å². The first-order valence-corrected chi connectivity index (χ1v) is 8.09. The number of rotatable bonds is 10. The van der Waals surface area contributed by atoms with Crippen LogP contribution in [0.4, 0.5) is 0 Å². The van der Waals surface area contributed by atoms with Crippen LogP contribution in [0, 0.1) is 0 Å². The molecule has 0 aromatic rings. The van der Waals surface area contributed by atoms with Gasteiger partial charge in [-0.3, -0.25) is 9.11 Å². The third-order valence-corrected chi connectivity index (χ3v) is 2.28. The molecule has 0 atom stereocenters. The molecule has 114 valence electrons. The summed E-state index contributed by atoms with van der Waals surface area (Å²) in [5, 5.41) is 0. The Hall–Kier alpha value is 0.830. The van der Waals surface area contributed by atoms with E-state index in [-0.39, 0.29) is 31.0 Å². The van der Waals surface area contributed by atoms with Gasteiger partial charge in [-0.05, 0) is 12.8 Å². The molecule has 19 heavy (non-hydrogen) atoms. The van der Waals surface area contributed by atoms with Crippen LogP contribution in [-0.4, -0.2) is 30.7 Å². The summed E-state index contributed by atoms with van der Waals surface area (Å²) in [6.07, 6.45) is 10.5. The predicted octanol–water partition coefficient (Wildman–Crippen LogP) is 0.627. The normalized spacial score (nSPS) is 10.3. The molecule has 0 aliphatic heterocycles. The van der Waals surface area contributed by atoms with Crippen molar-refractivity contribution >= 4 is 10.4 Å². The van der Waals surface area contributed by atoms with Gasteiger partial charge in [0.15, 0.2) is 0 Å². The van der Waals surface area contributed by atoms with Gasteiger partial charge in [0, 0.05) is 13.2 Å². The van der Waals surface area contributed by atoms with E-state index in [4.69, 9.17) is 22.3 Å². The van der Waals surface area contributed by atoms with Crippen LogP contribution in [0.15, 0.2) is 0 Å². The molecule has 2 N–H and O–H groups in total. The molecule has 0 fully saturated rings. The van der Waals surface area contributed by atoms with Crippen molar-refractivity contribution in [2.24, 2.45) is 0 Å². The Labute approximate surface area is 141 Å². The predicted molar refractivity (Wildman–Crippen MR) is 74.4 cm³/mol. The molecule has 0 unspecified atom stereocenters. The molecule has 0 rings (SSSR count). The Balaban J connectivity index is -0.000000158. The van der Waals surface area contributed by atoms with E-state index in [1.807, 2.05) is 0 Å². The molecule has 0 spiro atoms. The second-order valence-electron chi connectivity index (χ2n) is 4.18. The molecule has 0 aromatic carbocycles. The van der Waals surface area contributed by atoms with Crippen molar-refractivity contribution in [3.63, 3.8) is 0 Å². The average molecular weight is 308 g/mol. The summed E-state index contributed by atoms with van der Waals surface area (Å²) in [4.78, 5) is 0. The Bertz CT molecular complexity index is 232. The topological polar surface area (TPSA) is 83.8 Å². The van der Waals surface area contributed by atoms with Crippen molar-refractivity contribution in [2.75, 3.05) is 13.2 Å². The van der Waals surface area contributed by atoms with Crippen molar-refractivity contribution in [3.05, 3.63) is 0 Å². The third kappa shape index (κ3) is 45.5. The van der Waals surface area contributed by atoms with Crippen LogP contribution in [0.25, 0.3) is 0 Å². The van der Waals surface area contributed by atoms with E-state index in [9.17, 15) is 0 Å². The van der Waals surface area contributed by atoms with Gasteiger partial charge in [0.25, 0.3) is 0 Å². The fourth-order valence-corrected chi connectivity index (χ4v) is 1.36. The minimum atomic E-state index is -4.67. The van der Waals surface area contributed by atoms with Crippen molar-refractivity contribution < 1.29 is 53.2 Å². The second kappa shape index (κ2) is 18.8. The molecule has 0 radical (unpaired) electrons. The molecule has 0 aliphatic carbocycles. The van der Waals surface area contributed by atoms with Gasteiger partial charge in [-0.15, -0.1) is 0 Å². The van der Waals surface area contributed by atoms with E-state index >= 15 is 0 Å². The Kier molecular flexibility index (Phi) is 24.6. The van der Waals surface area contributed by atoms with Gasteiger partial charge in [0.05, 0.1) is 0 Å². The number of hydrogen-bond donors (Lipinski definition) is 2. The molecule has 0 heterocycles. The van der Waals surface area contributed by atoms with Crippen LogP contribution in [0.2, 0.25) is 0 Å². The van der Waals surface area contributed by atoms with Crippen molar-refractivity contribution in [1.29, 1.82) is 0 Å². The summed E-state index contributed by atoms with van der Waals surface area (Å²) in [5.41, 5.74) is 0. The number of ether oxygens (including phenoxy) is 1. The molecular formula is C12H29NaO5S. The smallest absolute Gasteiger partial charge is 1.00 e. The SMILES string of the molecule is CCCCCCOCCCCCC.O=S(=O)(O)O.[H-].[Na+]. The van der Waals surface area contributed by atoms with Gasteiger partial charge in [-0.25, -0.2) is 0 Å². The van der Waals surface area contributed by atoms with Crippen LogP contribution in [-0.2, 0) is 15.1 Å². The summed E-state index contributed by atoms with van der Waals surface area (Å²) < 4.78 is 37.1. The minimum absolute atomic E-state index is 0. The molecular weight excluding hydrogens is 279 g/mol. The number of hydrogen-bond acceptors (Lipinski definition) is 3. The fraction of sp³-hybridized carbons (Fsp3) is 1.00. The molecule has 0 aromatic heterocycles. The van der Waals surface area contributed by atoms with Gasteiger partial charge in [-0.1, -0.05) is 52.4 Å². The maximum atomic E-state index is 8.74. The zero-order chi connectivity index (χ0) is 14.3. The van der Waals surface area contributed by atoms with Gasteiger partial charge in [-0.2, -0.15) is 8.42 Å². The van der Waals surface area contributed by atoms with Crippen LogP contribution in [0.5, 0.6) is 0 Å². The second-order valence-corrected chi connectivity index (χ2v) is 5.08. The van der Waals surface area contributed by atoms with Crippen molar-refractivity contribution in [2.45, 2.75) is 65.2 Å². The Morgan fingerprint density at radius 1 is 0.842 bits per heavy atom. The maximum absolute atomic E-state index is 8.74. The molecule has 0 bridgehead atoms. The molecule has 0 saturated carbocycles. The third-order valence-electron chi connectivity index (χ3n) is 2.28. The van der Waals surface area contributed by atoms with Crippen LogP contribution < -0.4 is 29.6 Å². The first-order chi connectivity index (χ1) is 8.41. The first-order valence-electron chi connectivity index (χ1n) is 6.69. The molecule has 5 nitrogen and oxygen atoms in total. The molecule has 7 heteroatoms. The summed E-state index contributed by atoms with van der Waals surface area (Å²) in [7, 11) is -4.67. The monoisotopic (exact) mass is 308 g/mol. The van der Waals surface area contributed by atoms with Crippen LogP contribution in [0.3, 0.4) is 0 Å². The molecule has 0 saturated heterocycles. The number of unbranched alkanes of at least 4 members (excludes halogenated alkanes) is 6. The first kappa shape index (κ1) is 24.8. The van der Waals surface area contributed by atoms with Crippen LogP contribution >= 0.6 is 0 Å². The van der Waals surface area contributed by atoms with Gasteiger partial charge in [0.1, 0.15) is 0 Å². The van der Waals surface area contributed by atoms with Gasteiger partial charge in [0.2, 0.25) is 0 Å². The largest absolute Gasteiger partial charge is 1.00 e. The fourth-order valence-electron chi connectivity index (χ4n) is 1.36. The van der Waals surface area contributed by atoms with Crippen molar-refractivity contribution in [3.8, 4) is 0 Å². The quantitative estimate of drug-likeness (QED) is 0.351. The van der Waals surface area contributed by atoms with Gasteiger partial charge < -0.3 is 6.16 Å². The van der Waals surface area contributed by atoms with E-state index in [0.717, 1.165) is 13.2 Å².